The second kappa shape index (κ2) is 7.61. The van der Waals surface area contributed by atoms with Crippen molar-refractivity contribution in [2.24, 2.45) is 5.92 Å². The number of carbonyl (C=O) groups excluding carboxylic acids is 1. The third-order valence-electron chi connectivity index (χ3n) is 9.12. The smallest absolute Gasteiger partial charge is 0.251 e. The number of phenolic OH excluding ortho intramolecular Hbond substituents is 1. The number of halogens is 1. The lowest BCUT2D eigenvalue weighted by molar-refractivity contribution is -0.191. The number of nitrogens with zero attached hydrogens (tertiary/aromatic N) is 1. The van der Waals surface area contributed by atoms with E-state index in [1.807, 2.05) is 36.4 Å². The molecule has 5 aliphatic rings. The number of aromatic hydroxyl groups is 1. The van der Waals surface area contributed by atoms with Crippen molar-refractivity contribution in [2.45, 2.75) is 67.7 Å². The number of rotatable bonds is 4. The average molecular weight is 483 g/mol. The molecule has 1 spiro atoms. The van der Waals surface area contributed by atoms with Gasteiger partial charge in [0, 0.05) is 23.7 Å². The van der Waals surface area contributed by atoms with Gasteiger partial charge in [0.05, 0.1) is 17.1 Å². The van der Waals surface area contributed by atoms with E-state index in [-0.39, 0.29) is 36.1 Å². The van der Waals surface area contributed by atoms with Crippen molar-refractivity contribution in [1.82, 2.24) is 10.2 Å². The molecule has 0 aromatic heterocycles. The standard InChI is InChI=1S/C27H30N2O4.ClH/c30-20-9-8-18-14-21-27(32)11-10-19(28-25(31)17-4-2-1-3-5-17)24-26(27,22(18)23(20)33-24)12-13-29(21)15-16-6-7-16;/h1-5,8-9,16,19,21,24,30,32H,6-7,10-15H2,(H,28,31);1H/t19-,21-,24+,26+,27-;/m1./s1. The largest absolute Gasteiger partial charge is 0.504 e. The van der Waals surface area contributed by atoms with E-state index in [1.165, 1.54) is 18.4 Å². The lowest BCUT2D eigenvalue weighted by atomic mass is 9.48. The zero-order valence-corrected chi connectivity index (χ0v) is 19.9. The van der Waals surface area contributed by atoms with Crippen LogP contribution in [0.15, 0.2) is 42.5 Å². The monoisotopic (exact) mass is 482 g/mol. The van der Waals surface area contributed by atoms with Crippen LogP contribution in [0, 0.1) is 5.92 Å². The summed E-state index contributed by atoms with van der Waals surface area (Å²) in [7, 11) is 0. The number of benzene rings is 2. The summed E-state index contributed by atoms with van der Waals surface area (Å²) < 4.78 is 6.51. The molecular formula is C27H31ClN2O4. The van der Waals surface area contributed by atoms with Crippen molar-refractivity contribution in [2.75, 3.05) is 13.1 Å². The zero-order valence-electron chi connectivity index (χ0n) is 19.1. The van der Waals surface area contributed by atoms with Crippen molar-refractivity contribution in [3.63, 3.8) is 0 Å². The number of phenols is 1. The van der Waals surface area contributed by atoms with E-state index in [0.29, 0.717) is 24.2 Å². The number of amides is 1. The molecule has 1 saturated heterocycles. The predicted molar refractivity (Wildman–Crippen MR) is 130 cm³/mol. The topological polar surface area (TPSA) is 82.0 Å². The van der Waals surface area contributed by atoms with Gasteiger partial charge in [0.2, 0.25) is 0 Å². The van der Waals surface area contributed by atoms with Crippen LogP contribution >= 0.6 is 12.4 Å². The lowest BCUT2D eigenvalue weighted by Crippen LogP contribution is -2.78. The van der Waals surface area contributed by atoms with Crippen LogP contribution in [0.1, 0.15) is 53.6 Å². The molecule has 3 aliphatic carbocycles. The molecule has 7 rings (SSSR count). The normalized spacial score (nSPS) is 35.0. The van der Waals surface area contributed by atoms with Gasteiger partial charge in [-0.3, -0.25) is 9.69 Å². The fourth-order valence-electron chi connectivity index (χ4n) is 7.47. The van der Waals surface area contributed by atoms with Gasteiger partial charge in [-0.25, -0.2) is 0 Å². The van der Waals surface area contributed by atoms with Gasteiger partial charge in [-0.2, -0.15) is 0 Å². The lowest BCUT2D eigenvalue weighted by Gasteiger charge is -2.64. The minimum Gasteiger partial charge on any atom is -0.504 e. The van der Waals surface area contributed by atoms with Gasteiger partial charge in [-0.15, -0.1) is 12.4 Å². The Hall–Kier alpha value is -2.28. The highest BCUT2D eigenvalue weighted by Crippen LogP contribution is 2.65. The van der Waals surface area contributed by atoms with E-state index < -0.39 is 17.1 Å². The van der Waals surface area contributed by atoms with Crippen LogP contribution in [0.5, 0.6) is 11.5 Å². The molecule has 2 heterocycles. The van der Waals surface area contributed by atoms with E-state index in [1.54, 1.807) is 6.07 Å². The Morgan fingerprint density at radius 3 is 2.68 bits per heavy atom. The first-order chi connectivity index (χ1) is 16.0. The molecule has 6 nitrogen and oxygen atoms in total. The number of ether oxygens (including phenoxy) is 1. The third-order valence-corrected chi connectivity index (χ3v) is 9.12. The van der Waals surface area contributed by atoms with E-state index in [4.69, 9.17) is 4.74 Å². The van der Waals surface area contributed by atoms with Crippen LogP contribution in [0.2, 0.25) is 0 Å². The number of carbonyl (C=O) groups is 1. The maximum atomic E-state index is 13.0. The summed E-state index contributed by atoms with van der Waals surface area (Å²) in [6.07, 6.45) is 5.02. The fourth-order valence-corrected chi connectivity index (χ4v) is 7.47. The summed E-state index contributed by atoms with van der Waals surface area (Å²) >= 11 is 0. The Balaban J connectivity index is 0.00000217. The first kappa shape index (κ1) is 22.2. The minimum absolute atomic E-state index is 0. The van der Waals surface area contributed by atoms with Gasteiger partial charge in [0.25, 0.3) is 5.91 Å². The summed E-state index contributed by atoms with van der Waals surface area (Å²) in [5, 5.41) is 26.4. The first-order valence-electron chi connectivity index (χ1n) is 12.4. The molecule has 2 saturated carbocycles. The van der Waals surface area contributed by atoms with Gasteiger partial charge >= 0.3 is 0 Å². The van der Waals surface area contributed by atoms with E-state index in [9.17, 15) is 15.0 Å². The molecule has 5 atom stereocenters. The number of piperidine rings is 1. The molecule has 34 heavy (non-hydrogen) atoms. The van der Waals surface area contributed by atoms with Crippen LogP contribution in [-0.4, -0.2) is 57.9 Å². The minimum atomic E-state index is -0.926. The molecule has 0 unspecified atom stereocenters. The molecule has 2 aromatic carbocycles. The summed E-state index contributed by atoms with van der Waals surface area (Å²) in [6, 6.07) is 12.8. The van der Waals surface area contributed by atoms with Crippen LogP contribution in [0.4, 0.5) is 0 Å². The van der Waals surface area contributed by atoms with E-state index in [2.05, 4.69) is 10.2 Å². The molecule has 180 valence electrons. The third kappa shape index (κ3) is 2.85. The van der Waals surface area contributed by atoms with Crippen LogP contribution in [0.3, 0.4) is 0 Å². The molecule has 1 amide bonds. The van der Waals surface area contributed by atoms with Crippen molar-refractivity contribution in [3.8, 4) is 11.5 Å². The van der Waals surface area contributed by atoms with Crippen molar-refractivity contribution in [3.05, 3.63) is 59.2 Å². The van der Waals surface area contributed by atoms with Crippen molar-refractivity contribution in [1.29, 1.82) is 0 Å². The van der Waals surface area contributed by atoms with Crippen LogP contribution in [-0.2, 0) is 11.8 Å². The highest BCUT2D eigenvalue weighted by Gasteiger charge is 2.73. The molecule has 3 N–H and O–H groups in total. The molecule has 2 aromatic rings. The predicted octanol–water partition coefficient (Wildman–Crippen LogP) is 3.18. The number of hydrogen-bond acceptors (Lipinski definition) is 5. The molecule has 2 bridgehead atoms. The molecule has 7 heteroatoms. The maximum Gasteiger partial charge on any atom is 0.251 e. The van der Waals surface area contributed by atoms with Gasteiger partial charge in [-0.05, 0) is 74.8 Å². The summed E-state index contributed by atoms with van der Waals surface area (Å²) in [6.45, 7) is 1.97. The maximum absolute atomic E-state index is 13.0. The quantitative estimate of drug-likeness (QED) is 0.623. The highest BCUT2D eigenvalue weighted by molar-refractivity contribution is 5.94. The van der Waals surface area contributed by atoms with Gasteiger partial charge in [0.1, 0.15) is 6.10 Å². The Bertz CT molecular complexity index is 1140. The number of likely N-dealkylation sites (tertiary alicyclic amines) is 1. The van der Waals surface area contributed by atoms with Crippen molar-refractivity contribution >= 4 is 18.3 Å². The Labute approximate surface area is 205 Å². The number of nitrogens with one attached hydrogen (secondary N) is 1. The SMILES string of the molecule is Cl.O=C(N[C@@H]1CC[C@@]2(O)[C@H]3Cc4ccc(O)c5c4[C@@]2(CCN3CC2CC2)[C@H]1O5)c1ccccc1. The summed E-state index contributed by atoms with van der Waals surface area (Å²) in [5.74, 6) is 1.29. The Morgan fingerprint density at radius 1 is 1.12 bits per heavy atom. The fraction of sp³-hybridized carbons (Fsp3) is 0.519. The molecule has 0 radical (unpaired) electrons. The van der Waals surface area contributed by atoms with Gasteiger partial charge in [0.15, 0.2) is 11.5 Å². The zero-order chi connectivity index (χ0) is 22.4. The van der Waals surface area contributed by atoms with Crippen molar-refractivity contribution < 1.29 is 19.7 Å². The van der Waals surface area contributed by atoms with E-state index >= 15 is 0 Å². The Kier molecular flexibility index (Phi) is 4.97. The van der Waals surface area contributed by atoms with Gasteiger partial charge < -0.3 is 20.3 Å². The average Bonchev–Trinajstić information content (AvgIpc) is 3.56. The van der Waals surface area contributed by atoms with Crippen LogP contribution in [0.25, 0.3) is 0 Å². The second-order valence-electron chi connectivity index (χ2n) is 10.8. The van der Waals surface area contributed by atoms with Gasteiger partial charge in [-0.1, -0.05) is 24.3 Å². The Morgan fingerprint density at radius 2 is 1.91 bits per heavy atom. The first-order valence-corrected chi connectivity index (χ1v) is 12.4. The summed E-state index contributed by atoms with van der Waals surface area (Å²) in [5.41, 5.74) is 1.26. The number of aliphatic hydroxyl groups is 1. The summed E-state index contributed by atoms with van der Waals surface area (Å²) in [4.78, 5) is 15.6. The number of hydrogen-bond donors (Lipinski definition) is 3. The molecule has 3 fully saturated rings. The molecule has 2 aliphatic heterocycles. The highest BCUT2D eigenvalue weighted by atomic mass is 35.5. The van der Waals surface area contributed by atoms with Crippen LogP contribution < -0.4 is 10.1 Å². The molecular weight excluding hydrogens is 452 g/mol. The second-order valence-corrected chi connectivity index (χ2v) is 10.8. The van der Waals surface area contributed by atoms with E-state index in [0.717, 1.165) is 37.4 Å².